The van der Waals surface area contributed by atoms with Gasteiger partial charge in [0, 0.05) is 24.5 Å². The first-order chi connectivity index (χ1) is 15.1. The van der Waals surface area contributed by atoms with Crippen LogP contribution < -0.4 is 10.1 Å². The van der Waals surface area contributed by atoms with Crippen LogP contribution in [0.1, 0.15) is 47.5 Å². The molecule has 1 aromatic heterocycles. The molecule has 31 heavy (non-hydrogen) atoms. The number of amides is 1. The summed E-state index contributed by atoms with van der Waals surface area (Å²) in [5, 5.41) is 3.02. The topological polar surface area (TPSA) is 54.1 Å². The minimum absolute atomic E-state index is 0.197. The number of ether oxygens (including phenoxy) is 1. The van der Waals surface area contributed by atoms with Crippen molar-refractivity contribution in [2.75, 3.05) is 13.7 Å². The Balaban J connectivity index is 1.38. The summed E-state index contributed by atoms with van der Waals surface area (Å²) in [4.78, 5) is 15.7. The number of carbonyl (C=O) groups is 1. The minimum atomic E-state index is -1.04. The van der Waals surface area contributed by atoms with Gasteiger partial charge in [0.2, 0.25) is 5.82 Å². The number of rotatable bonds is 6. The van der Waals surface area contributed by atoms with Gasteiger partial charge in [-0.05, 0) is 60.8 Å². The molecule has 0 saturated heterocycles. The molecule has 162 valence electrons. The first-order valence-corrected chi connectivity index (χ1v) is 10.6. The van der Waals surface area contributed by atoms with Gasteiger partial charge in [0.05, 0.1) is 12.7 Å². The zero-order valence-electron chi connectivity index (χ0n) is 17.5. The first-order valence-electron chi connectivity index (χ1n) is 10.6. The Morgan fingerprint density at radius 1 is 1.10 bits per heavy atom. The van der Waals surface area contributed by atoms with Crippen molar-refractivity contribution in [2.45, 2.75) is 31.6 Å². The van der Waals surface area contributed by atoms with Crippen LogP contribution >= 0.6 is 0 Å². The Bertz CT molecular complexity index is 1040. The van der Waals surface area contributed by atoms with Crippen LogP contribution in [-0.4, -0.2) is 24.5 Å². The van der Waals surface area contributed by atoms with Gasteiger partial charge in [-0.3, -0.25) is 4.79 Å². The molecule has 2 aromatic carbocycles. The number of halogens is 2. The lowest BCUT2D eigenvalue weighted by Crippen LogP contribution is -2.31. The molecule has 4 rings (SSSR count). The summed E-state index contributed by atoms with van der Waals surface area (Å²) < 4.78 is 32.6. The van der Waals surface area contributed by atoms with E-state index in [0.717, 1.165) is 31.7 Å². The molecule has 1 aliphatic rings. The normalized spacial score (nSPS) is 18.5. The molecule has 0 spiro atoms. The number of aromatic amines is 1. The summed E-state index contributed by atoms with van der Waals surface area (Å²) in [5.74, 6) is -1.46. The standard InChI is InChI=1S/C25H26F2N2O2/c1-31-23-12-19(11-22(26)24(23)27)20-14-28-15-21(20)25(30)29-13-16-7-9-18(10-8-16)17-5-3-2-4-6-17/h2-6,11-12,14-16,18,28H,7-10,13H2,1H3,(H,29,30). The molecule has 1 fully saturated rings. The van der Waals surface area contributed by atoms with Crippen molar-refractivity contribution in [3.63, 3.8) is 0 Å². The highest BCUT2D eigenvalue weighted by atomic mass is 19.2. The van der Waals surface area contributed by atoms with E-state index in [1.54, 1.807) is 12.4 Å². The van der Waals surface area contributed by atoms with Gasteiger partial charge >= 0.3 is 0 Å². The molecule has 1 amide bonds. The van der Waals surface area contributed by atoms with Crippen LogP contribution in [0.25, 0.3) is 11.1 Å². The molecule has 0 unspecified atom stereocenters. The number of benzene rings is 2. The lowest BCUT2D eigenvalue weighted by molar-refractivity contribution is 0.0943. The summed E-state index contributed by atoms with van der Waals surface area (Å²) >= 11 is 0. The second-order valence-corrected chi connectivity index (χ2v) is 8.10. The number of hydrogen-bond donors (Lipinski definition) is 2. The summed E-state index contributed by atoms with van der Waals surface area (Å²) in [6.07, 6.45) is 7.56. The van der Waals surface area contributed by atoms with E-state index in [-0.39, 0.29) is 11.7 Å². The molecular formula is C25H26F2N2O2. The van der Waals surface area contributed by atoms with Crippen molar-refractivity contribution in [1.82, 2.24) is 10.3 Å². The van der Waals surface area contributed by atoms with Gasteiger partial charge in [0.25, 0.3) is 5.91 Å². The van der Waals surface area contributed by atoms with E-state index < -0.39 is 11.6 Å². The quantitative estimate of drug-likeness (QED) is 0.536. The smallest absolute Gasteiger partial charge is 0.253 e. The van der Waals surface area contributed by atoms with Crippen molar-refractivity contribution in [3.8, 4) is 16.9 Å². The fraction of sp³-hybridized carbons (Fsp3) is 0.320. The molecule has 1 aliphatic carbocycles. The monoisotopic (exact) mass is 424 g/mol. The van der Waals surface area contributed by atoms with Gasteiger partial charge < -0.3 is 15.0 Å². The highest BCUT2D eigenvalue weighted by molar-refractivity contribution is 6.00. The SMILES string of the molecule is COc1cc(-c2c[nH]cc2C(=O)NCC2CCC(c3ccccc3)CC2)cc(F)c1F. The maximum atomic E-state index is 13.9. The third-order valence-corrected chi connectivity index (χ3v) is 6.18. The van der Waals surface area contributed by atoms with Gasteiger partial charge in [-0.15, -0.1) is 0 Å². The van der Waals surface area contributed by atoms with Crippen LogP contribution in [-0.2, 0) is 0 Å². The van der Waals surface area contributed by atoms with Crippen LogP contribution in [0.2, 0.25) is 0 Å². The molecular weight excluding hydrogens is 398 g/mol. The molecule has 0 atom stereocenters. The summed E-state index contributed by atoms with van der Waals surface area (Å²) in [5.41, 5.74) is 2.67. The number of carbonyl (C=O) groups excluding carboxylic acids is 1. The fourth-order valence-corrected chi connectivity index (χ4v) is 4.42. The van der Waals surface area contributed by atoms with Crippen molar-refractivity contribution < 1.29 is 18.3 Å². The number of H-pyrrole nitrogens is 1. The van der Waals surface area contributed by atoms with E-state index in [1.165, 1.54) is 18.7 Å². The van der Waals surface area contributed by atoms with Crippen molar-refractivity contribution >= 4 is 5.91 Å². The van der Waals surface area contributed by atoms with Gasteiger partial charge in [-0.1, -0.05) is 30.3 Å². The lowest BCUT2D eigenvalue weighted by atomic mass is 9.78. The van der Waals surface area contributed by atoms with E-state index in [9.17, 15) is 13.6 Å². The Kier molecular flexibility index (Phi) is 6.35. The summed E-state index contributed by atoms with van der Waals surface area (Å²) in [6.45, 7) is 0.603. The first kappa shape index (κ1) is 21.1. The number of hydrogen-bond acceptors (Lipinski definition) is 2. The van der Waals surface area contributed by atoms with Crippen LogP contribution in [0.5, 0.6) is 5.75 Å². The lowest BCUT2D eigenvalue weighted by Gasteiger charge is -2.29. The summed E-state index contributed by atoms with van der Waals surface area (Å²) in [6, 6.07) is 13.0. The number of nitrogens with one attached hydrogen (secondary N) is 2. The second-order valence-electron chi connectivity index (χ2n) is 8.10. The van der Waals surface area contributed by atoms with Gasteiger partial charge in [-0.25, -0.2) is 4.39 Å². The van der Waals surface area contributed by atoms with Crippen molar-refractivity contribution in [2.24, 2.45) is 5.92 Å². The fourth-order valence-electron chi connectivity index (χ4n) is 4.42. The number of aromatic nitrogens is 1. The Morgan fingerprint density at radius 3 is 2.55 bits per heavy atom. The second kappa shape index (κ2) is 9.33. The highest BCUT2D eigenvalue weighted by Crippen LogP contribution is 2.35. The average molecular weight is 424 g/mol. The third-order valence-electron chi connectivity index (χ3n) is 6.18. The molecule has 1 saturated carbocycles. The molecule has 6 heteroatoms. The van der Waals surface area contributed by atoms with Crippen LogP contribution in [0.4, 0.5) is 8.78 Å². The van der Waals surface area contributed by atoms with E-state index in [2.05, 4.69) is 34.6 Å². The number of methoxy groups -OCH3 is 1. The third kappa shape index (κ3) is 4.63. The van der Waals surface area contributed by atoms with E-state index in [0.29, 0.717) is 35.1 Å². The summed E-state index contributed by atoms with van der Waals surface area (Å²) in [7, 11) is 1.28. The molecule has 3 aromatic rings. The zero-order chi connectivity index (χ0) is 21.8. The Hall–Kier alpha value is -3.15. The molecule has 2 N–H and O–H groups in total. The average Bonchev–Trinajstić information content (AvgIpc) is 3.30. The van der Waals surface area contributed by atoms with Crippen molar-refractivity contribution in [3.05, 3.63) is 77.6 Å². The molecule has 0 aliphatic heterocycles. The minimum Gasteiger partial charge on any atom is -0.494 e. The molecule has 0 radical (unpaired) electrons. The van der Waals surface area contributed by atoms with Gasteiger partial charge in [0.1, 0.15) is 0 Å². The maximum absolute atomic E-state index is 13.9. The van der Waals surface area contributed by atoms with Gasteiger partial charge in [-0.2, -0.15) is 4.39 Å². The van der Waals surface area contributed by atoms with Crippen LogP contribution in [0.15, 0.2) is 54.9 Å². The zero-order valence-corrected chi connectivity index (χ0v) is 17.5. The predicted octanol–water partition coefficient (Wildman–Crippen LogP) is 5.67. The van der Waals surface area contributed by atoms with Crippen molar-refractivity contribution in [1.29, 1.82) is 0 Å². The van der Waals surface area contributed by atoms with E-state index in [4.69, 9.17) is 4.74 Å². The largest absolute Gasteiger partial charge is 0.494 e. The van der Waals surface area contributed by atoms with Gasteiger partial charge in [0.15, 0.2) is 11.6 Å². The Morgan fingerprint density at radius 2 is 1.84 bits per heavy atom. The van der Waals surface area contributed by atoms with Crippen LogP contribution in [0.3, 0.4) is 0 Å². The van der Waals surface area contributed by atoms with E-state index in [1.807, 2.05) is 6.07 Å². The predicted molar refractivity (Wildman–Crippen MR) is 116 cm³/mol. The molecule has 1 heterocycles. The molecule has 4 nitrogen and oxygen atoms in total. The molecule has 0 bridgehead atoms. The Labute approximate surface area is 180 Å². The maximum Gasteiger partial charge on any atom is 0.253 e. The van der Waals surface area contributed by atoms with Crippen LogP contribution in [0, 0.1) is 17.6 Å². The van der Waals surface area contributed by atoms with E-state index >= 15 is 0 Å². The highest BCUT2D eigenvalue weighted by Gasteiger charge is 2.24.